The fourth-order valence-corrected chi connectivity index (χ4v) is 4.72. The third kappa shape index (κ3) is 4.41. The molecule has 2 amide bonds. The number of carbonyl (C=O) groups excluding carboxylic acids is 2. The second-order valence-electron chi connectivity index (χ2n) is 8.30. The van der Waals surface area contributed by atoms with Crippen LogP contribution in [0, 0.1) is 5.92 Å². The molecular formula is C25H31N3O2. The molecule has 2 aliphatic rings. The standard InChI is InChI=1S/C25H31N3O2/c1-2-19-10-6-7-13-22(19)28-18-21(16-24(28)29)25(30)26-17-23(27-14-8-9-15-27)20-11-4-3-5-12-20/h3-7,10-13,21,23H,2,8-9,14-18H2,1H3,(H,26,30). The van der Waals surface area contributed by atoms with E-state index in [4.69, 9.17) is 0 Å². The fourth-order valence-electron chi connectivity index (χ4n) is 4.72. The molecule has 0 spiro atoms. The average Bonchev–Trinajstić information content (AvgIpc) is 3.44. The second-order valence-corrected chi connectivity index (χ2v) is 8.30. The summed E-state index contributed by atoms with van der Waals surface area (Å²) in [5.74, 6) is -0.271. The van der Waals surface area contributed by atoms with Gasteiger partial charge in [-0.1, -0.05) is 55.5 Å². The van der Waals surface area contributed by atoms with Gasteiger partial charge in [0, 0.05) is 25.2 Å². The molecule has 2 saturated heterocycles. The number of nitrogens with one attached hydrogen (secondary N) is 1. The number of carbonyl (C=O) groups is 2. The van der Waals surface area contributed by atoms with Crippen LogP contribution in [0.25, 0.3) is 0 Å². The highest BCUT2D eigenvalue weighted by Crippen LogP contribution is 2.29. The van der Waals surface area contributed by atoms with E-state index in [0.29, 0.717) is 13.1 Å². The molecule has 0 bridgehead atoms. The zero-order valence-corrected chi connectivity index (χ0v) is 17.7. The van der Waals surface area contributed by atoms with Crippen molar-refractivity contribution in [2.45, 2.75) is 38.6 Å². The highest BCUT2D eigenvalue weighted by atomic mass is 16.2. The smallest absolute Gasteiger partial charge is 0.227 e. The van der Waals surface area contributed by atoms with Gasteiger partial charge in [-0.2, -0.15) is 0 Å². The van der Waals surface area contributed by atoms with Crippen LogP contribution in [-0.4, -0.2) is 42.9 Å². The minimum Gasteiger partial charge on any atom is -0.354 e. The normalized spacial score (nSPS) is 20.5. The van der Waals surface area contributed by atoms with Crippen LogP contribution in [0.1, 0.15) is 43.4 Å². The molecule has 2 atom stereocenters. The van der Waals surface area contributed by atoms with Gasteiger partial charge in [-0.25, -0.2) is 0 Å². The summed E-state index contributed by atoms with van der Waals surface area (Å²) in [4.78, 5) is 29.9. The summed E-state index contributed by atoms with van der Waals surface area (Å²) >= 11 is 0. The SMILES string of the molecule is CCc1ccccc1N1CC(C(=O)NCC(c2ccccc2)N2CCCC2)CC1=O. The van der Waals surface area contributed by atoms with Crippen LogP contribution in [0.2, 0.25) is 0 Å². The van der Waals surface area contributed by atoms with E-state index >= 15 is 0 Å². The largest absolute Gasteiger partial charge is 0.354 e. The molecule has 158 valence electrons. The lowest BCUT2D eigenvalue weighted by molar-refractivity contribution is -0.126. The molecule has 2 fully saturated rings. The van der Waals surface area contributed by atoms with Gasteiger partial charge >= 0.3 is 0 Å². The molecule has 5 nitrogen and oxygen atoms in total. The van der Waals surface area contributed by atoms with Gasteiger partial charge in [0.05, 0.1) is 12.0 Å². The summed E-state index contributed by atoms with van der Waals surface area (Å²) in [5, 5.41) is 3.16. The van der Waals surface area contributed by atoms with Gasteiger partial charge in [0.2, 0.25) is 11.8 Å². The van der Waals surface area contributed by atoms with Crippen molar-refractivity contribution in [2.75, 3.05) is 31.1 Å². The first kappa shape index (κ1) is 20.6. The van der Waals surface area contributed by atoms with Crippen LogP contribution in [0.5, 0.6) is 0 Å². The number of aryl methyl sites for hydroxylation is 1. The lowest BCUT2D eigenvalue weighted by Crippen LogP contribution is -2.40. The molecule has 0 radical (unpaired) electrons. The van der Waals surface area contributed by atoms with Gasteiger partial charge in [0.15, 0.2) is 0 Å². The van der Waals surface area contributed by atoms with Gasteiger partial charge in [-0.3, -0.25) is 14.5 Å². The summed E-state index contributed by atoms with van der Waals surface area (Å²) < 4.78 is 0. The molecule has 2 aromatic carbocycles. The van der Waals surface area contributed by atoms with Gasteiger partial charge < -0.3 is 10.2 Å². The molecule has 5 heteroatoms. The second kappa shape index (κ2) is 9.43. The van der Waals surface area contributed by atoms with Crippen LogP contribution in [0.4, 0.5) is 5.69 Å². The first-order valence-corrected chi connectivity index (χ1v) is 11.1. The Balaban J connectivity index is 1.41. The van der Waals surface area contributed by atoms with Crippen molar-refractivity contribution in [2.24, 2.45) is 5.92 Å². The Bertz CT molecular complexity index is 877. The van der Waals surface area contributed by atoms with Crippen molar-refractivity contribution >= 4 is 17.5 Å². The monoisotopic (exact) mass is 405 g/mol. The molecule has 0 aliphatic carbocycles. The molecule has 30 heavy (non-hydrogen) atoms. The Kier molecular flexibility index (Phi) is 6.48. The number of nitrogens with zero attached hydrogens (tertiary/aromatic N) is 2. The summed E-state index contributed by atoms with van der Waals surface area (Å²) in [6.07, 6.45) is 3.56. The average molecular weight is 406 g/mol. The van der Waals surface area contributed by atoms with E-state index in [-0.39, 0.29) is 30.2 Å². The van der Waals surface area contributed by atoms with Crippen molar-refractivity contribution < 1.29 is 9.59 Å². The summed E-state index contributed by atoms with van der Waals surface area (Å²) in [6.45, 7) is 5.27. The van der Waals surface area contributed by atoms with Gasteiger partial charge in [-0.05, 0) is 49.5 Å². The molecule has 1 N–H and O–H groups in total. The van der Waals surface area contributed by atoms with Crippen molar-refractivity contribution in [3.05, 3.63) is 65.7 Å². The highest BCUT2D eigenvalue weighted by molar-refractivity contribution is 6.00. The minimum atomic E-state index is -0.294. The molecule has 0 aromatic heterocycles. The van der Waals surface area contributed by atoms with Crippen LogP contribution >= 0.6 is 0 Å². The predicted octanol–water partition coefficient (Wildman–Crippen LogP) is 3.56. The molecule has 4 rings (SSSR count). The third-order valence-corrected chi connectivity index (χ3v) is 6.39. The van der Waals surface area contributed by atoms with Crippen molar-refractivity contribution in [3.63, 3.8) is 0 Å². The Hall–Kier alpha value is -2.66. The Morgan fingerprint density at radius 2 is 1.77 bits per heavy atom. The highest BCUT2D eigenvalue weighted by Gasteiger charge is 2.36. The van der Waals surface area contributed by atoms with Crippen LogP contribution in [0.15, 0.2) is 54.6 Å². The van der Waals surface area contributed by atoms with Gasteiger partial charge in [-0.15, -0.1) is 0 Å². The maximum absolute atomic E-state index is 13.0. The zero-order valence-electron chi connectivity index (χ0n) is 17.7. The van der Waals surface area contributed by atoms with Crippen LogP contribution in [0.3, 0.4) is 0 Å². The van der Waals surface area contributed by atoms with Crippen molar-refractivity contribution in [1.82, 2.24) is 10.2 Å². The van der Waals surface area contributed by atoms with Crippen molar-refractivity contribution in [3.8, 4) is 0 Å². The summed E-state index contributed by atoms with van der Waals surface area (Å²) in [7, 11) is 0. The number of hydrogen-bond donors (Lipinski definition) is 1. The van der Waals surface area contributed by atoms with Crippen LogP contribution < -0.4 is 10.2 Å². The number of amides is 2. The lowest BCUT2D eigenvalue weighted by atomic mass is 10.0. The molecule has 2 heterocycles. The molecule has 2 aliphatic heterocycles. The number of likely N-dealkylation sites (tertiary alicyclic amines) is 1. The number of benzene rings is 2. The van der Waals surface area contributed by atoms with Crippen LogP contribution in [-0.2, 0) is 16.0 Å². The van der Waals surface area contributed by atoms with Gasteiger partial charge in [0.1, 0.15) is 0 Å². The number of rotatable bonds is 7. The summed E-state index contributed by atoms with van der Waals surface area (Å²) in [6, 6.07) is 18.6. The number of hydrogen-bond acceptors (Lipinski definition) is 3. The predicted molar refractivity (Wildman–Crippen MR) is 119 cm³/mol. The Morgan fingerprint density at radius 3 is 2.50 bits per heavy atom. The fraction of sp³-hybridized carbons (Fsp3) is 0.440. The first-order chi connectivity index (χ1) is 14.7. The van der Waals surface area contributed by atoms with E-state index in [9.17, 15) is 9.59 Å². The van der Waals surface area contributed by atoms with E-state index in [0.717, 1.165) is 30.8 Å². The van der Waals surface area contributed by atoms with E-state index < -0.39 is 0 Å². The topological polar surface area (TPSA) is 52.7 Å². The summed E-state index contributed by atoms with van der Waals surface area (Å²) in [5.41, 5.74) is 3.32. The lowest BCUT2D eigenvalue weighted by Gasteiger charge is -2.28. The zero-order chi connectivity index (χ0) is 20.9. The molecule has 2 aromatic rings. The third-order valence-electron chi connectivity index (χ3n) is 6.39. The number of para-hydroxylation sites is 1. The molecule has 0 saturated carbocycles. The van der Waals surface area contributed by atoms with E-state index in [1.165, 1.54) is 18.4 Å². The van der Waals surface area contributed by atoms with Crippen molar-refractivity contribution in [1.29, 1.82) is 0 Å². The van der Waals surface area contributed by atoms with E-state index in [1.54, 1.807) is 4.90 Å². The molecule has 2 unspecified atom stereocenters. The van der Waals surface area contributed by atoms with E-state index in [1.807, 2.05) is 24.3 Å². The van der Waals surface area contributed by atoms with Gasteiger partial charge in [0.25, 0.3) is 0 Å². The Morgan fingerprint density at radius 1 is 1.07 bits per heavy atom. The number of anilines is 1. The quantitative estimate of drug-likeness (QED) is 0.766. The maximum Gasteiger partial charge on any atom is 0.227 e. The maximum atomic E-state index is 13.0. The molecular weight excluding hydrogens is 374 g/mol. The van der Waals surface area contributed by atoms with E-state index in [2.05, 4.69) is 47.5 Å². The minimum absolute atomic E-state index is 0.0139. The first-order valence-electron chi connectivity index (χ1n) is 11.1. The Labute approximate surface area is 179 Å².